The Balaban J connectivity index is 2.29. The van der Waals surface area contributed by atoms with Crippen molar-refractivity contribution < 1.29 is 18.6 Å². The summed E-state index contributed by atoms with van der Waals surface area (Å²) in [7, 11) is -4.11. The molecule has 1 aliphatic rings. The lowest BCUT2D eigenvalue weighted by Crippen LogP contribution is -2.34. The molecule has 0 atom stereocenters. The summed E-state index contributed by atoms with van der Waals surface area (Å²) in [5, 5.41) is 20.3. The lowest BCUT2D eigenvalue weighted by atomic mass is 9.97. The van der Waals surface area contributed by atoms with Crippen LogP contribution < -0.4 is 5.56 Å². The van der Waals surface area contributed by atoms with Crippen LogP contribution in [0.3, 0.4) is 0 Å². The molecule has 0 amide bonds. The zero-order valence-corrected chi connectivity index (χ0v) is 20.0. The second-order valence-electron chi connectivity index (χ2n) is 8.53. The zero-order valence-electron chi connectivity index (χ0n) is 19.2. The maximum atomic E-state index is 13.5. The van der Waals surface area contributed by atoms with E-state index in [9.17, 15) is 23.4 Å². The third-order valence-electron chi connectivity index (χ3n) is 6.41. The van der Waals surface area contributed by atoms with Gasteiger partial charge < -0.3 is 10.2 Å². The van der Waals surface area contributed by atoms with E-state index in [1.165, 1.54) is 4.57 Å². The van der Waals surface area contributed by atoms with E-state index in [0.717, 1.165) is 24.0 Å². The molecule has 1 aromatic carbocycles. The lowest BCUT2D eigenvalue weighted by Gasteiger charge is -2.26. The molecule has 176 valence electrons. The number of para-hydroxylation sites is 1. The first-order valence-corrected chi connectivity index (χ1v) is 13.2. The normalized spacial score (nSPS) is 19.2. The summed E-state index contributed by atoms with van der Waals surface area (Å²) in [6.45, 7) is 6.03. The molecule has 0 radical (unpaired) electrons. The average Bonchev–Trinajstić information content (AvgIpc) is 2.77. The highest BCUT2D eigenvalue weighted by atomic mass is 32.2. The molecule has 3 rings (SSSR count). The molecule has 1 saturated carbocycles. The molecule has 8 heteroatoms. The Labute approximate surface area is 190 Å². The number of hydrogen-bond donors (Lipinski definition) is 2. The molecule has 1 fully saturated rings. The molecule has 2 aromatic rings. The average molecular weight is 463 g/mol. The number of aromatic hydroxyl groups is 1. The van der Waals surface area contributed by atoms with E-state index >= 15 is 0 Å². The van der Waals surface area contributed by atoms with Crippen LogP contribution in [-0.2, 0) is 29.1 Å². The second kappa shape index (κ2) is 10.2. The van der Waals surface area contributed by atoms with E-state index in [4.69, 9.17) is 0 Å². The van der Waals surface area contributed by atoms with Crippen molar-refractivity contribution in [2.45, 2.75) is 94.8 Å². The molecule has 0 spiro atoms. The minimum absolute atomic E-state index is 0.256. The van der Waals surface area contributed by atoms with Gasteiger partial charge in [0, 0.05) is 6.42 Å². The molecular formula is C24H34N2O5S. The highest BCUT2D eigenvalue weighted by molar-refractivity contribution is 7.92. The van der Waals surface area contributed by atoms with Gasteiger partial charge >= 0.3 is 0 Å². The number of aryl methyl sites for hydroxylation is 3. The second-order valence-corrected chi connectivity index (χ2v) is 10.7. The first-order chi connectivity index (χ1) is 15.3. The van der Waals surface area contributed by atoms with Gasteiger partial charge in [0.2, 0.25) is 5.88 Å². The summed E-state index contributed by atoms with van der Waals surface area (Å²) >= 11 is 0. The predicted molar refractivity (Wildman–Crippen MR) is 124 cm³/mol. The van der Waals surface area contributed by atoms with Crippen LogP contribution in [0, 0.1) is 0 Å². The van der Waals surface area contributed by atoms with Gasteiger partial charge in [-0.3, -0.25) is 9.36 Å². The Hall–Kier alpha value is -2.19. The van der Waals surface area contributed by atoms with Crippen LogP contribution >= 0.6 is 0 Å². The lowest BCUT2D eigenvalue weighted by molar-refractivity contribution is 0.131. The smallest absolute Gasteiger partial charge is 0.295 e. The molecule has 0 saturated heterocycles. The summed E-state index contributed by atoms with van der Waals surface area (Å²) in [5.41, 5.74) is 1.71. The van der Waals surface area contributed by atoms with Crippen molar-refractivity contribution in [2.24, 2.45) is 0 Å². The van der Waals surface area contributed by atoms with Crippen molar-refractivity contribution in [2.75, 3.05) is 0 Å². The van der Waals surface area contributed by atoms with Gasteiger partial charge in [-0.15, -0.1) is 0 Å². The molecule has 7 nitrogen and oxygen atoms in total. The van der Waals surface area contributed by atoms with Crippen LogP contribution in [0.1, 0.15) is 76.2 Å². The van der Waals surface area contributed by atoms with Gasteiger partial charge in [0.15, 0.2) is 14.7 Å². The number of hydrogen-bond acceptors (Lipinski definition) is 6. The summed E-state index contributed by atoms with van der Waals surface area (Å²) in [4.78, 5) is 16.5. The van der Waals surface area contributed by atoms with Crippen LogP contribution in [-0.4, -0.2) is 39.5 Å². The third kappa shape index (κ3) is 4.62. The molecule has 0 aliphatic heterocycles. The number of nitrogens with zero attached hydrogens (tertiary/aromatic N) is 2. The number of benzene rings is 1. The van der Waals surface area contributed by atoms with Gasteiger partial charge in [-0.25, -0.2) is 8.42 Å². The number of unbranched alkanes of at least 4 members (excludes halogenated alkanes) is 1. The number of aromatic nitrogens is 2. The fourth-order valence-corrected chi connectivity index (χ4v) is 6.41. The van der Waals surface area contributed by atoms with E-state index in [1.807, 2.05) is 39.0 Å². The first-order valence-electron chi connectivity index (χ1n) is 11.6. The Morgan fingerprint density at radius 2 is 1.66 bits per heavy atom. The minimum atomic E-state index is -4.11. The van der Waals surface area contributed by atoms with Gasteiger partial charge in [-0.2, -0.15) is 4.98 Å². The van der Waals surface area contributed by atoms with Crippen molar-refractivity contribution >= 4 is 9.84 Å². The summed E-state index contributed by atoms with van der Waals surface area (Å²) in [5.74, 6) is -0.166. The van der Waals surface area contributed by atoms with Gasteiger partial charge in [-0.05, 0) is 56.1 Å². The first kappa shape index (κ1) is 24.5. The van der Waals surface area contributed by atoms with Crippen LogP contribution in [0.5, 0.6) is 5.88 Å². The Bertz CT molecular complexity index is 1090. The maximum Gasteiger partial charge on any atom is 0.295 e. The molecule has 2 N–H and O–H groups in total. The van der Waals surface area contributed by atoms with Gasteiger partial charge in [0.1, 0.15) is 5.82 Å². The summed E-state index contributed by atoms with van der Waals surface area (Å²) in [6, 6.07) is 5.85. The van der Waals surface area contributed by atoms with Crippen molar-refractivity contribution in [1.29, 1.82) is 0 Å². The van der Waals surface area contributed by atoms with E-state index in [2.05, 4.69) is 4.98 Å². The van der Waals surface area contributed by atoms with E-state index < -0.39 is 37.5 Å². The van der Waals surface area contributed by atoms with E-state index in [0.29, 0.717) is 43.6 Å². The van der Waals surface area contributed by atoms with Crippen molar-refractivity contribution in [1.82, 2.24) is 9.55 Å². The largest absolute Gasteiger partial charge is 0.493 e. The Kier molecular flexibility index (Phi) is 7.77. The monoisotopic (exact) mass is 462 g/mol. The zero-order chi connectivity index (χ0) is 23.5. The molecule has 1 heterocycles. The molecular weight excluding hydrogens is 428 g/mol. The molecule has 1 aromatic heterocycles. The van der Waals surface area contributed by atoms with Crippen LogP contribution in [0.15, 0.2) is 27.9 Å². The highest BCUT2D eigenvalue weighted by Crippen LogP contribution is 2.34. The summed E-state index contributed by atoms with van der Waals surface area (Å²) < 4.78 is 28.4. The number of aliphatic hydroxyl groups excluding tert-OH is 1. The highest BCUT2D eigenvalue weighted by Gasteiger charge is 2.37. The Morgan fingerprint density at radius 1 is 1.06 bits per heavy atom. The topological polar surface area (TPSA) is 109 Å². The number of aliphatic hydroxyl groups is 1. The standard InChI is InChI=1S/C24H34N2O5S/c1-4-7-11-20-25-23(28)22(32(30,31)19-14-12-18(27)13-15-19)24(29)26(20)21-16(5-2)9-8-10-17(21)6-3/h8-10,18-19,27,29H,4-7,11-15H2,1-3H3/t18-,19-. The molecule has 0 unspecified atom stereocenters. The van der Waals surface area contributed by atoms with Gasteiger partial charge in [0.05, 0.1) is 17.0 Å². The number of rotatable bonds is 8. The maximum absolute atomic E-state index is 13.5. The number of sulfone groups is 1. The fourth-order valence-electron chi connectivity index (χ4n) is 4.55. The quantitative estimate of drug-likeness (QED) is 0.622. The van der Waals surface area contributed by atoms with Crippen LogP contribution in [0.4, 0.5) is 0 Å². The van der Waals surface area contributed by atoms with Gasteiger partial charge in [-0.1, -0.05) is 45.4 Å². The van der Waals surface area contributed by atoms with E-state index in [1.54, 1.807) is 0 Å². The van der Waals surface area contributed by atoms with Crippen molar-refractivity contribution in [3.8, 4) is 11.6 Å². The molecule has 1 aliphatic carbocycles. The third-order valence-corrected chi connectivity index (χ3v) is 8.68. The molecule has 32 heavy (non-hydrogen) atoms. The van der Waals surface area contributed by atoms with Crippen LogP contribution in [0.2, 0.25) is 0 Å². The Morgan fingerprint density at radius 3 is 2.19 bits per heavy atom. The van der Waals surface area contributed by atoms with Crippen molar-refractivity contribution in [3.63, 3.8) is 0 Å². The van der Waals surface area contributed by atoms with Gasteiger partial charge in [0.25, 0.3) is 5.56 Å². The summed E-state index contributed by atoms with van der Waals surface area (Å²) in [6.07, 6.45) is 4.16. The fraction of sp³-hybridized carbons (Fsp3) is 0.583. The van der Waals surface area contributed by atoms with Crippen LogP contribution in [0.25, 0.3) is 5.69 Å². The van der Waals surface area contributed by atoms with E-state index in [-0.39, 0.29) is 12.8 Å². The van der Waals surface area contributed by atoms with Crippen molar-refractivity contribution in [3.05, 3.63) is 45.5 Å². The minimum Gasteiger partial charge on any atom is -0.493 e. The SMILES string of the molecule is CCCCc1nc(=O)c(S(=O)(=O)[C@H]2CC[C@H](O)CC2)c(O)n1-c1c(CC)cccc1CC. The predicted octanol–water partition coefficient (Wildman–Crippen LogP) is 3.48. The molecule has 0 bridgehead atoms.